The molecule has 0 aliphatic heterocycles. The van der Waals surface area contributed by atoms with E-state index in [0.717, 1.165) is 15.1 Å². The second kappa shape index (κ2) is 6.36. The lowest BCUT2D eigenvalue weighted by Gasteiger charge is -2.02. The van der Waals surface area contributed by atoms with E-state index in [1.54, 1.807) is 31.2 Å². The first kappa shape index (κ1) is 16.7. The number of anilines is 1. The van der Waals surface area contributed by atoms with E-state index in [0.29, 0.717) is 10.7 Å². The number of H-pyrrole nitrogens is 1. The molecule has 9 heteroatoms. The van der Waals surface area contributed by atoms with Crippen LogP contribution in [-0.2, 0) is 0 Å². The van der Waals surface area contributed by atoms with Crippen LogP contribution in [0.25, 0.3) is 5.69 Å². The highest BCUT2D eigenvalue weighted by atomic mass is 32.1. The Hall–Kier alpha value is -3.20. The molecule has 3 aromatic rings. The van der Waals surface area contributed by atoms with Crippen molar-refractivity contribution in [1.82, 2.24) is 14.8 Å². The van der Waals surface area contributed by atoms with Crippen molar-refractivity contribution in [2.24, 2.45) is 5.73 Å². The van der Waals surface area contributed by atoms with E-state index in [9.17, 15) is 14.4 Å². The summed E-state index contributed by atoms with van der Waals surface area (Å²) in [6, 6.07) is 8.71. The van der Waals surface area contributed by atoms with Gasteiger partial charge in [0.15, 0.2) is 0 Å². The van der Waals surface area contributed by atoms with Gasteiger partial charge in [-0.1, -0.05) is 18.2 Å². The lowest BCUT2D eigenvalue weighted by Crippen LogP contribution is -2.18. The zero-order valence-electron chi connectivity index (χ0n) is 13.5. The molecule has 1 aromatic carbocycles. The Balaban J connectivity index is 1.92. The van der Waals surface area contributed by atoms with Gasteiger partial charge >= 0.3 is 5.69 Å². The Morgan fingerprint density at radius 2 is 1.92 bits per heavy atom. The molecule has 0 saturated carbocycles. The molecule has 0 bridgehead atoms. The third-order valence-electron chi connectivity index (χ3n) is 3.69. The Bertz CT molecular complexity index is 1020. The van der Waals surface area contributed by atoms with Crippen molar-refractivity contribution >= 4 is 28.2 Å². The highest BCUT2D eigenvalue weighted by Crippen LogP contribution is 2.32. The molecule has 3 rings (SSSR count). The maximum absolute atomic E-state index is 12.4. The lowest BCUT2D eigenvalue weighted by atomic mass is 10.1. The molecule has 0 fully saturated rings. The number of carbonyl (C=O) groups excluding carboxylic acids is 2. The van der Waals surface area contributed by atoms with Gasteiger partial charge < -0.3 is 11.1 Å². The van der Waals surface area contributed by atoms with Crippen molar-refractivity contribution in [1.29, 1.82) is 0 Å². The number of primary amides is 1. The largest absolute Gasteiger partial charge is 0.365 e. The molecule has 128 valence electrons. The fourth-order valence-corrected chi connectivity index (χ4v) is 3.41. The van der Waals surface area contributed by atoms with Crippen molar-refractivity contribution in [2.45, 2.75) is 13.8 Å². The molecule has 2 heterocycles. The van der Waals surface area contributed by atoms with Crippen LogP contribution in [-0.4, -0.2) is 26.6 Å². The van der Waals surface area contributed by atoms with Crippen LogP contribution < -0.4 is 16.7 Å². The normalized spacial score (nSPS) is 10.6. The van der Waals surface area contributed by atoms with E-state index < -0.39 is 17.5 Å². The lowest BCUT2D eigenvalue weighted by molar-refractivity contribution is 0.100. The minimum atomic E-state index is -0.629. The van der Waals surface area contributed by atoms with Crippen molar-refractivity contribution in [3.63, 3.8) is 0 Å². The number of para-hydroxylation sites is 1. The van der Waals surface area contributed by atoms with Gasteiger partial charge in [-0.15, -0.1) is 16.4 Å². The minimum absolute atomic E-state index is 0.159. The molecular formula is C16H15N5O3S. The number of thiophene rings is 1. The van der Waals surface area contributed by atoms with Crippen LogP contribution in [0, 0.1) is 13.8 Å². The van der Waals surface area contributed by atoms with E-state index >= 15 is 0 Å². The Morgan fingerprint density at radius 3 is 2.56 bits per heavy atom. The van der Waals surface area contributed by atoms with Gasteiger partial charge in [-0.3, -0.25) is 14.6 Å². The summed E-state index contributed by atoms with van der Waals surface area (Å²) in [5.74, 6) is -1.41. The van der Waals surface area contributed by atoms with Gasteiger partial charge in [0.2, 0.25) is 5.82 Å². The predicted molar refractivity (Wildman–Crippen MR) is 94.4 cm³/mol. The molecule has 2 amide bonds. The number of aromatic nitrogens is 3. The number of carbonyl (C=O) groups is 2. The number of rotatable bonds is 4. The summed E-state index contributed by atoms with van der Waals surface area (Å²) < 4.78 is 1.09. The molecule has 0 aliphatic carbocycles. The third kappa shape index (κ3) is 3.09. The maximum atomic E-state index is 12.4. The van der Waals surface area contributed by atoms with E-state index in [-0.39, 0.29) is 11.4 Å². The van der Waals surface area contributed by atoms with Gasteiger partial charge in [0.25, 0.3) is 11.8 Å². The number of amides is 2. The van der Waals surface area contributed by atoms with Crippen molar-refractivity contribution in [2.75, 3.05) is 5.32 Å². The van der Waals surface area contributed by atoms with E-state index in [2.05, 4.69) is 15.4 Å². The van der Waals surface area contributed by atoms with Crippen molar-refractivity contribution < 1.29 is 9.59 Å². The molecule has 0 saturated heterocycles. The van der Waals surface area contributed by atoms with Gasteiger partial charge in [-0.25, -0.2) is 4.79 Å². The number of hydrogen-bond donors (Lipinski definition) is 3. The first-order chi connectivity index (χ1) is 11.9. The van der Waals surface area contributed by atoms with Crippen LogP contribution >= 0.6 is 11.3 Å². The molecule has 25 heavy (non-hydrogen) atoms. The fraction of sp³-hybridized carbons (Fsp3) is 0.125. The standard InChI is InChI=1S/C16H15N5O3S/c1-8-9(2)25-15(11(8)12(17)22)19-14(23)13-18-16(24)21(20-13)10-6-4-3-5-7-10/h3-7H,1-2H3,(H2,17,22)(H,19,23)(H,18,20,24). The molecule has 0 atom stereocenters. The Morgan fingerprint density at radius 1 is 1.24 bits per heavy atom. The van der Waals surface area contributed by atoms with Gasteiger partial charge in [0.05, 0.1) is 11.3 Å². The number of nitrogens with zero attached hydrogens (tertiary/aromatic N) is 2. The highest BCUT2D eigenvalue weighted by Gasteiger charge is 2.21. The molecule has 0 aliphatic rings. The Labute approximate surface area is 146 Å². The number of aromatic amines is 1. The molecule has 4 N–H and O–H groups in total. The molecule has 0 unspecified atom stereocenters. The second-order valence-electron chi connectivity index (χ2n) is 5.33. The predicted octanol–water partition coefficient (Wildman–Crippen LogP) is 1.59. The first-order valence-electron chi connectivity index (χ1n) is 7.34. The van der Waals surface area contributed by atoms with Crippen molar-refractivity contribution in [3.05, 3.63) is 62.6 Å². The number of hydrogen-bond acceptors (Lipinski definition) is 5. The summed E-state index contributed by atoms with van der Waals surface area (Å²) in [7, 11) is 0. The van der Waals surface area contributed by atoms with E-state index in [4.69, 9.17) is 5.73 Å². The van der Waals surface area contributed by atoms with E-state index in [1.165, 1.54) is 11.3 Å². The smallest absolute Gasteiger partial charge is 0.348 e. The zero-order valence-corrected chi connectivity index (χ0v) is 14.3. The van der Waals surface area contributed by atoms with E-state index in [1.807, 2.05) is 13.0 Å². The van der Waals surface area contributed by atoms with Gasteiger partial charge in [-0.05, 0) is 31.5 Å². The number of nitrogens with two attached hydrogens (primary N) is 1. The second-order valence-corrected chi connectivity index (χ2v) is 6.56. The molecular weight excluding hydrogens is 342 g/mol. The summed E-state index contributed by atoms with van der Waals surface area (Å²) in [6.07, 6.45) is 0. The average Bonchev–Trinajstić information content (AvgIpc) is 3.09. The SMILES string of the molecule is Cc1sc(NC(=O)c2nn(-c3ccccc3)c(=O)[nH]2)c(C(N)=O)c1C. The summed E-state index contributed by atoms with van der Waals surface area (Å²) in [5.41, 5.74) is 6.36. The molecule has 8 nitrogen and oxygen atoms in total. The van der Waals surface area contributed by atoms with Crippen LogP contribution in [0.1, 0.15) is 31.4 Å². The monoisotopic (exact) mass is 357 g/mol. The quantitative estimate of drug-likeness (QED) is 0.656. The van der Waals surface area contributed by atoms with Crippen LogP contribution in [0.4, 0.5) is 5.00 Å². The van der Waals surface area contributed by atoms with Crippen LogP contribution in [0.15, 0.2) is 35.1 Å². The van der Waals surface area contributed by atoms with Gasteiger partial charge in [0.1, 0.15) is 5.00 Å². The highest BCUT2D eigenvalue weighted by molar-refractivity contribution is 7.16. The van der Waals surface area contributed by atoms with Gasteiger partial charge in [0, 0.05) is 4.88 Å². The number of nitrogens with one attached hydrogen (secondary N) is 2. The summed E-state index contributed by atoms with van der Waals surface area (Å²) in [5, 5.41) is 6.94. The number of benzene rings is 1. The zero-order chi connectivity index (χ0) is 18.1. The summed E-state index contributed by atoms with van der Waals surface area (Å²) >= 11 is 1.24. The average molecular weight is 357 g/mol. The number of aryl methyl sites for hydroxylation is 1. The summed E-state index contributed by atoms with van der Waals surface area (Å²) in [4.78, 5) is 39.3. The maximum Gasteiger partial charge on any atom is 0.348 e. The van der Waals surface area contributed by atoms with Crippen LogP contribution in [0.3, 0.4) is 0 Å². The summed E-state index contributed by atoms with van der Waals surface area (Å²) in [6.45, 7) is 3.58. The molecule has 2 aromatic heterocycles. The first-order valence-corrected chi connectivity index (χ1v) is 8.16. The van der Waals surface area contributed by atoms with Crippen LogP contribution in [0.2, 0.25) is 0 Å². The van der Waals surface area contributed by atoms with Crippen molar-refractivity contribution in [3.8, 4) is 5.69 Å². The van der Waals surface area contributed by atoms with Crippen LogP contribution in [0.5, 0.6) is 0 Å². The topological polar surface area (TPSA) is 123 Å². The molecule has 0 spiro atoms. The third-order valence-corrected chi connectivity index (χ3v) is 4.81. The minimum Gasteiger partial charge on any atom is -0.365 e. The fourth-order valence-electron chi connectivity index (χ4n) is 2.35. The Kier molecular flexibility index (Phi) is 4.24. The molecule has 0 radical (unpaired) electrons. The van der Waals surface area contributed by atoms with Gasteiger partial charge in [-0.2, -0.15) is 4.68 Å².